The fourth-order valence-corrected chi connectivity index (χ4v) is 3.20. The zero-order valence-corrected chi connectivity index (χ0v) is 13.0. The van der Waals surface area contributed by atoms with Crippen molar-refractivity contribution in [3.8, 4) is 0 Å². The van der Waals surface area contributed by atoms with Crippen LogP contribution in [0.25, 0.3) is 5.65 Å². The van der Waals surface area contributed by atoms with E-state index in [4.69, 9.17) is 5.73 Å². The molecule has 0 aromatic carbocycles. The highest BCUT2D eigenvalue weighted by atomic mass is 15.3. The summed E-state index contributed by atoms with van der Waals surface area (Å²) in [6.45, 7) is 5.57. The lowest BCUT2D eigenvalue weighted by Gasteiger charge is -2.31. The molecule has 114 valence electrons. The van der Waals surface area contributed by atoms with E-state index in [1.54, 1.807) is 0 Å². The Hall–Kier alpha value is -1.78. The molecule has 0 spiro atoms. The van der Waals surface area contributed by atoms with Crippen molar-refractivity contribution in [2.75, 3.05) is 17.2 Å². The van der Waals surface area contributed by atoms with Crippen molar-refractivity contribution >= 4 is 17.3 Å². The maximum absolute atomic E-state index is 5.99. The average molecular weight is 287 g/mol. The van der Waals surface area contributed by atoms with Crippen LogP contribution < -0.4 is 10.6 Å². The van der Waals surface area contributed by atoms with Gasteiger partial charge >= 0.3 is 0 Å². The number of imidazole rings is 1. The maximum Gasteiger partial charge on any atom is 0.180 e. The van der Waals surface area contributed by atoms with Gasteiger partial charge in [-0.3, -0.25) is 0 Å². The second kappa shape index (κ2) is 5.92. The molecule has 1 fully saturated rings. The number of fused-ring (bicyclic) bond motifs is 1. The SMILES string of the molecule is CC(C)CCN(c1nc(N)cn2ccnc12)C1CCCC1. The summed E-state index contributed by atoms with van der Waals surface area (Å²) in [5, 5.41) is 0. The number of hydrogen-bond acceptors (Lipinski definition) is 4. The van der Waals surface area contributed by atoms with Gasteiger partial charge in [-0.05, 0) is 25.2 Å². The summed E-state index contributed by atoms with van der Waals surface area (Å²) >= 11 is 0. The second-order valence-corrected chi connectivity index (χ2v) is 6.46. The molecular formula is C16H25N5. The van der Waals surface area contributed by atoms with Crippen LogP contribution in [0, 0.1) is 5.92 Å². The van der Waals surface area contributed by atoms with Gasteiger partial charge in [0.25, 0.3) is 0 Å². The largest absolute Gasteiger partial charge is 0.382 e. The van der Waals surface area contributed by atoms with Crippen LogP contribution in [0.2, 0.25) is 0 Å². The lowest BCUT2D eigenvalue weighted by molar-refractivity contribution is 0.525. The summed E-state index contributed by atoms with van der Waals surface area (Å²) in [5.41, 5.74) is 6.91. The van der Waals surface area contributed by atoms with E-state index < -0.39 is 0 Å². The van der Waals surface area contributed by atoms with Gasteiger partial charge in [-0.15, -0.1) is 0 Å². The van der Waals surface area contributed by atoms with Gasteiger partial charge in [0.2, 0.25) is 0 Å². The molecule has 1 saturated carbocycles. The Labute approximate surface area is 126 Å². The molecule has 1 aliphatic carbocycles. The maximum atomic E-state index is 5.99. The topological polar surface area (TPSA) is 59.5 Å². The van der Waals surface area contributed by atoms with Gasteiger partial charge in [0.1, 0.15) is 5.82 Å². The Balaban J connectivity index is 1.98. The molecule has 2 heterocycles. The van der Waals surface area contributed by atoms with Gasteiger partial charge in [0.15, 0.2) is 11.5 Å². The number of nitrogens with two attached hydrogens (primary N) is 1. The first kappa shape index (κ1) is 14.2. The molecule has 1 aliphatic rings. The quantitative estimate of drug-likeness (QED) is 0.918. The predicted molar refractivity (Wildman–Crippen MR) is 86.5 cm³/mol. The fraction of sp³-hybridized carbons (Fsp3) is 0.625. The second-order valence-electron chi connectivity index (χ2n) is 6.46. The molecule has 21 heavy (non-hydrogen) atoms. The summed E-state index contributed by atoms with van der Waals surface area (Å²) in [6.07, 6.45) is 11.9. The van der Waals surface area contributed by atoms with E-state index in [9.17, 15) is 0 Å². The molecule has 3 rings (SSSR count). The normalized spacial score (nSPS) is 16.1. The Morgan fingerprint density at radius 2 is 2.14 bits per heavy atom. The molecule has 0 radical (unpaired) electrons. The van der Waals surface area contributed by atoms with E-state index in [-0.39, 0.29) is 0 Å². The minimum Gasteiger partial charge on any atom is -0.382 e. The molecular weight excluding hydrogens is 262 g/mol. The van der Waals surface area contributed by atoms with Gasteiger partial charge in [0, 0.05) is 25.0 Å². The van der Waals surface area contributed by atoms with Crippen molar-refractivity contribution in [3.63, 3.8) is 0 Å². The zero-order chi connectivity index (χ0) is 14.8. The third-order valence-electron chi connectivity index (χ3n) is 4.36. The summed E-state index contributed by atoms with van der Waals surface area (Å²) in [5.74, 6) is 2.20. The van der Waals surface area contributed by atoms with Crippen LogP contribution >= 0.6 is 0 Å². The van der Waals surface area contributed by atoms with Crippen LogP contribution in [0.15, 0.2) is 18.6 Å². The summed E-state index contributed by atoms with van der Waals surface area (Å²) in [4.78, 5) is 11.5. The van der Waals surface area contributed by atoms with Crippen molar-refractivity contribution < 1.29 is 0 Å². The van der Waals surface area contributed by atoms with Crippen molar-refractivity contribution in [1.82, 2.24) is 14.4 Å². The van der Waals surface area contributed by atoms with E-state index in [0.717, 1.165) is 18.0 Å². The van der Waals surface area contributed by atoms with E-state index in [2.05, 4.69) is 28.7 Å². The van der Waals surface area contributed by atoms with Crippen LogP contribution in [0.1, 0.15) is 46.0 Å². The number of anilines is 2. The lowest BCUT2D eigenvalue weighted by Crippen LogP contribution is -2.36. The molecule has 2 aromatic rings. The lowest BCUT2D eigenvalue weighted by atomic mass is 10.1. The summed E-state index contributed by atoms with van der Waals surface area (Å²) < 4.78 is 1.98. The molecule has 0 bridgehead atoms. The van der Waals surface area contributed by atoms with E-state index in [1.165, 1.54) is 32.1 Å². The highest BCUT2D eigenvalue weighted by Gasteiger charge is 2.26. The average Bonchev–Trinajstić information content (AvgIpc) is 3.08. The number of nitrogens with zero attached hydrogens (tertiary/aromatic N) is 4. The molecule has 0 saturated heterocycles. The highest BCUT2D eigenvalue weighted by Crippen LogP contribution is 2.30. The molecule has 5 heteroatoms. The van der Waals surface area contributed by atoms with Gasteiger partial charge < -0.3 is 15.0 Å². The number of aromatic nitrogens is 3. The molecule has 0 atom stereocenters. The molecule has 2 N–H and O–H groups in total. The van der Waals surface area contributed by atoms with Crippen LogP contribution in [-0.4, -0.2) is 27.0 Å². The molecule has 0 aliphatic heterocycles. The van der Waals surface area contributed by atoms with Gasteiger partial charge in [-0.2, -0.15) is 0 Å². The number of nitrogen functional groups attached to an aromatic ring is 1. The van der Waals surface area contributed by atoms with Crippen LogP contribution in [0.5, 0.6) is 0 Å². The molecule has 0 amide bonds. The van der Waals surface area contributed by atoms with E-state index in [0.29, 0.717) is 17.8 Å². The van der Waals surface area contributed by atoms with Gasteiger partial charge in [-0.25, -0.2) is 9.97 Å². The van der Waals surface area contributed by atoms with Crippen LogP contribution in [0.3, 0.4) is 0 Å². The monoisotopic (exact) mass is 287 g/mol. The van der Waals surface area contributed by atoms with Crippen molar-refractivity contribution in [2.45, 2.75) is 52.0 Å². The molecule has 2 aromatic heterocycles. The third kappa shape index (κ3) is 2.96. The van der Waals surface area contributed by atoms with Crippen molar-refractivity contribution in [1.29, 1.82) is 0 Å². The highest BCUT2D eigenvalue weighted by molar-refractivity contribution is 5.66. The van der Waals surface area contributed by atoms with E-state index in [1.807, 2.05) is 23.0 Å². The zero-order valence-electron chi connectivity index (χ0n) is 13.0. The van der Waals surface area contributed by atoms with Crippen molar-refractivity contribution in [3.05, 3.63) is 18.6 Å². The Morgan fingerprint density at radius 3 is 2.86 bits per heavy atom. The van der Waals surface area contributed by atoms with Gasteiger partial charge in [-0.1, -0.05) is 26.7 Å². The first-order chi connectivity index (χ1) is 10.1. The Morgan fingerprint density at radius 1 is 1.38 bits per heavy atom. The predicted octanol–water partition coefficient (Wildman–Crippen LogP) is 3.11. The molecule has 5 nitrogen and oxygen atoms in total. The first-order valence-electron chi connectivity index (χ1n) is 8.01. The van der Waals surface area contributed by atoms with Crippen LogP contribution in [0.4, 0.5) is 11.6 Å². The number of rotatable bonds is 5. The Kier molecular flexibility index (Phi) is 3.99. The van der Waals surface area contributed by atoms with Gasteiger partial charge in [0.05, 0.1) is 6.20 Å². The van der Waals surface area contributed by atoms with E-state index >= 15 is 0 Å². The minimum absolute atomic E-state index is 0.558. The third-order valence-corrected chi connectivity index (χ3v) is 4.36. The standard InChI is InChI=1S/C16H25N5/c1-12(2)7-9-21(13-5-3-4-6-13)16-15-18-8-10-20(15)11-14(17)19-16/h8,10-13H,3-7,9,17H2,1-2H3. The fourth-order valence-electron chi connectivity index (χ4n) is 3.20. The minimum atomic E-state index is 0.558. The smallest absolute Gasteiger partial charge is 0.180 e. The summed E-state index contributed by atoms with van der Waals surface area (Å²) in [6, 6.07) is 0.582. The Bertz CT molecular complexity index is 598. The summed E-state index contributed by atoms with van der Waals surface area (Å²) in [7, 11) is 0. The van der Waals surface area contributed by atoms with Crippen LogP contribution in [-0.2, 0) is 0 Å². The van der Waals surface area contributed by atoms with Crippen molar-refractivity contribution in [2.24, 2.45) is 5.92 Å². The first-order valence-corrected chi connectivity index (χ1v) is 8.01. The number of hydrogen-bond donors (Lipinski definition) is 1. The molecule has 0 unspecified atom stereocenters.